The van der Waals surface area contributed by atoms with Crippen LogP contribution in [0.3, 0.4) is 0 Å². The Hall–Kier alpha value is -2.31. The van der Waals surface area contributed by atoms with Crippen molar-refractivity contribution >= 4 is 34.0 Å². The molecule has 158 valence electrons. The third-order valence-electron chi connectivity index (χ3n) is 7.49. The fourth-order valence-corrected chi connectivity index (χ4v) is 6.82. The summed E-state index contributed by atoms with van der Waals surface area (Å²) < 4.78 is 0.774. The molecule has 0 saturated heterocycles. The molecule has 1 N–H and O–H groups in total. The van der Waals surface area contributed by atoms with Crippen LogP contribution in [0, 0.1) is 23.7 Å². The molecule has 0 spiro atoms. The second-order valence-corrected chi connectivity index (χ2v) is 10.8. The molecule has 4 aromatic rings. The van der Waals surface area contributed by atoms with Crippen LogP contribution in [-0.2, 0) is 6.42 Å². The van der Waals surface area contributed by atoms with E-state index < -0.39 is 0 Å². The zero-order valence-electron chi connectivity index (χ0n) is 17.4. The van der Waals surface area contributed by atoms with E-state index in [0.717, 1.165) is 67.2 Å². The molecule has 3 aliphatic carbocycles. The van der Waals surface area contributed by atoms with Crippen molar-refractivity contribution in [2.75, 3.05) is 0 Å². The van der Waals surface area contributed by atoms with Gasteiger partial charge in [-0.1, -0.05) is 18.5 Å². The first-order valence-corrected chi connectivity index (χ1v) is 12.3. The molecule has 3 aliphatic rings. The fraction of sp³-hybridized carbons (Fsp3) is 0.417. The van der Waals surface area contributed by atoms with Gasteiger partial charge in [-0.15, -0.1) is 11.3 Å². The SMILES string of the molecule is CC1C2CCC(CC2)C1Cc1cc(-c2ccc(Cl)s2)nc(-c2c[nH]c3ncncc23)n1. The highest BCUT2D eigenvalue weighted by Gasteiger charge is 2.41. The van der Waals surface area contributed by atoms with Crippen LogP contribution in [0.4, 0.5) is 0 Å². The number of thiophene rings is 1. The number of hydrogen-bond donors (Lipinski definition) is 1. The number of rotatable bonds is 4. The average molecular weight is 450 g/mol. The zero-order chi connectivity index (χ0) is 20.9. The average Bonchev–Trinajstić information content (AvgIpc) is 3.43. The Morgan fingerprint density at radius 1 is 1.13 bits per heavy atom. The van der Waals surface area contributed by atoms with E-state index in [1.165, 1.54) is 25.7 Å². The largest absolute Gasteiger partial charge is 0.345 e. The van der Waals surface area contributed by atoms with Crippen LogP contribution in [0.5, 0.6) is 0 Å². The summed E-state index contributed by atoms with van der Waals surface area (Å²) in [6.45, 7) is 2.46. The molecule has 0 aromatic carbocycles. The van der Waals surface area contributed by atoms with Crippen LogP contribution in [0.25, 0.3) is 33.0 Å². The van der Waals surface area contributed by atoms with E-state index in [-0.39, 0.29) is 0 Å². The number of nitrogens with zero attached hydrogens (tertiary/aromatic N) is 4. The molecule has 2 bridgehead atoms. The number of H-pyrrole nitrogens is 1. The first kappa shape index (κ1) is 19.4. The normalized spacial score (nSPS) is 25.4. The van der Waals surface area contributed by atoms with E-state index in [4.69, 9.17) is 21.6 Å². The second kappa shape index (κ2) is 7.68. The zero-order valence-corrected chi connectivity index (χ0v) is 19.0. The van der Waals surface area contributed by atoms with Crippen molar-refractivity contribution in [2.45, 2.75) is 39.0 Å². The molecule has 2 atom stereocenters. The smallest absolute Gasteiger partial charge is 0.162 e. The minimum Gasteiger partial charge on any atom is -0.345 e. The molecule has 7 heteroatoms. The van der Waals surface area contributed by atoms with Crippen molar-refractivity contribution in [2.24, 2.45) is 23.7 Å². The van der Waals surface area contributed by atoms with Gasteiger partial charge in [0.25, 0.3) is 0 Å². The molecular weight excluding hydrogens is 426 g/mol. The Balaban J connectivity index is 1.44. The highest BCUT2D eigenvalue weighted by Crippen LogP contribution is 2.49. The second-order valence-electron chi connectivity index (χ2n) is 9.06. The highest BCUT2D eigenvalue weighted by atomic mass is 35.5. The van der Waals surface area contributed by atoms with Gasteiger partial charge in [-0.25, -0.2) is 19.9 Å². The van der Waals surface area contributed by atoms with E-state index >= 15 is 0 Å². The van der Waals surface area contributed by atoms with E-state index in [1.54, 1.807) is 17.7 Å². The van der Waals surface area contributed by atoms with Gasteiger partial charge < -0.3 is 4.98 Å². The van der Waals surface area contributed by atoms with Crippen LogP contribution < -0.4 is 0 Å². The minimum absolute atomic E-state index is 0.710. The number of fused-ring (bicyclic) bond motifs is 4. The third-order valence-corrected chi connectivity index (χ3v) is 8.74. The summed E-state index contributed by atoms with van der Waals surface area (Å²) in [6.07, 6.45) is 11.9. The number of aromatic nitrogens is 5. The van der Waals surface area contributed by atoms with Crippen molar-refractivity contribution in [3.63, 3.8) is 0 Å². The number of nitrogens with one attached hydrogen (secondary N) is 1. The topological polar surface area (TPSA) is 67.3 Å². The summed E-state index contributed by atoms with van der Waals surface area (Å²) in [4.78, 5) is 22.8. The van der Waals surface area contributed by atoms with Gasteiger partial charge in [-0.05, 0) is 74.0 Å². The van der Waals surface area contributed by atoms with Gasteiger partial charge in [0.1, 0.15) is 12.0 Å². The van der Waals surface area contributed by atoms with Gasteiger partial charge in [0, 0.05) is 29.0 Å². The van der Waals surface area contributed by atoms with Crippen LogP contribution in [0.2, 0.25) is 4.34 Å². The van der Waals surface area contributed by atoms with Gasteiger partial charge in [0.2, 0.25) is 0 Å². The van der Waals surface area contributed by atoms with E-state index in [0.29, 0.717) is 5.92 Å². The molecule has 5 nitrogen and oxygen atoms in total. The summed E-state index contributed by atoms with van der Waals surface area (Å²) in [5.41, 5.74) is 3.81. The van der Waals surface area contributed by atoms with Crippen LogP contribution in [0.1, 0.15) is 38.3 Å². The Labute approximate surface area is 190 Å². The molecule has 3 fully saturated rings. The number of halogens is 1. The van der Waals surface area contributed by atoms with Crippen molar-refractivity contribution in [1.82, 2.24) is 24.9 Å². The third kappa shape index (κ3) is 3.46. The molecule has 4 aromatic heterocycles. The molecular formula is C24H24ClN5S. The van der Waals surface area contributed by atoms with Gasteiger partial charge in [-0.2, -0.15) is 0 Å². The lowest BCUT2D eigenvalue weighted by molar-refractivity contribution is 0.0339. The molecule has 7 rings (SSSR count). The Kier molecular flexibility index (Phi) is 4.80. The first-order valence-electron chi connectivity index (χ1n) is 11.1. The summed E-state index contributed by atoms with van der Waals surface area (Å²) in [6, 6.07) is 6.16. The van der Waals surface area contributed by atoms with Gasteiger partial charge >= 0.3 is 0 Å². The Morgan fingerprint density at radius 3 is 2.74 bits per heavy atom. The monoisotopic (exact) mass is 449 g/mol. The van der Waals surface area contributed by atoms with E-state index in [2.05, 4.69) is 27.9 Å². The quantitative estimate of drug-likeness (QED) is 0.390. The first-order chi connectivity index (χ1) is 15.2. The fourth-order valence-electron chi connectivity index (χ4n) is 5.82. The number of aromatic amines is 1. The lowest BCUT2D eigenvalue weighted by Crippen LogP contribution is -2.39. The summed E-state index contributed by atoms with van der Waals surface area (Å²) >= 11 is 7.80. The van der Waals surface area contributed by atoms with E-state index in [9.17, 15) is 0 Å². The van der Waals surface area contributed by atoms with Gasteiger partial charge in [0.15, 0.2) is 5.82 Å². The lowest BCUT2D eigenvalue weighted by Gasteiger charge is -2.47. The molecule has 2 unspecified atom stereocenters. The Bertz CT molecular complexity index is 1240. The van der Waals surface area contributed by atoms with Gasteiger partial charge in [0.05, 0.1) is 14.9 Å². The lowest BCUT2D eigenvalue weighted by atomic mass is 9.58. The molecule has 3 saturated carbocycles. The van der Waals surface area contributed by atoms with Crippen molar-refractivity contribution in [1.29, 1.82) is 0 Å². The summed E-state index contributed by atoms with van der Waals surface area (Å²) in [7, 11) is 0. The highest BCUT2D eigenvalue weighted by molar-refractivity contribution is 7.19. The predicted octanol–water partition coefficient (Wildman–Crippen LogP) is 6.41. The molecule has 0 radical (unpaired) electrons. The van der Waals surface area contributed by atoms with Crippen molar-refractivity contribution in [3.05, 3.63) is 47.0 Å². The maximum atomic E-state index is 6.24. The van der Waals surface area contributed by atoms with Crippen LogP contribution in [0.15, 0.2) is 36.9 Å². The van der Waals surface area contributed by atoms with E-state index in [1.807, 2.05) is 24.5 Å². The van der Waals surface area contributed by atoms with Crippen LogP contribution >= 0.6 is 22.9 Å². The minimum atomic E-state index is 0.710. The summed E-state index contributed by atoms with van der Waals surface area (Å²) in [5.74, 6) is 3.93. The van der Waals surface area contributed by atoms with Crippen LogP contribution in [-0.4, -0.2) is 24.9 Å². The van der Waals surface area contributed by atoms with Crippen molar-refractivity contribution in [3.8, 4) is 22.0 Å². The molecule has 0 aliphatic heterocycles. The molecule has 0 amide bonds. The predicted molar refractivity (Wildman–Crippen MR) is 125 cm³/mol. The summed E-state index contributed by atoms with van der Waals surface area (Å²) in [5, 5.41) is 0.944. The maximum Gasteiger partial charge on any atom is 0.162 e. The van der Waals surface area contributed by atoms with Gasteiger partial charge in [-0.3, -0.25) is 0 Å². The maximum absolute atomic E-state index is 6.24. The van der Waals surface area contributed by atoms with Crippen molar-refractivity contribution < 1.29 is 0 Å². The standard InChI is InChI=1S/C24H24ClN5S/c1-13-14-2-4-15(5-3-14)17(13)8-16-9-20(21-6-7-22(25)31-21)30-24(29-16)19-11-27-23-18(19)10-26-12-28-23/h6-7,9-15,17H,2-5,8H2,1H3,(H,26,27,28). The molecule has 31 heavy (non-hydrogen) atoms. The number of hydrogen-bond acceptors (Lipinski definition) is 5. The Morgan fingerprint density at radius 2 is 1.97 bits per heavy atom. The molecule has 4 heterocycles.